The molecule has 6 heteroatoms. The summed E-state index contributed by atoms with van der Waals surface area (Å²) in [7, 11) is 0. The van der Waals surface area contributed by atoms with Crippen LogP contribution in [0.2, 0.25) is 0 Å². The number of thioether (sulfide) groups is 1. The summed E-state index contributed by atoms with van der Waals surface area (Å²) < 4.78 is 6.76. The molecule has 0 aromatic heterocycles. The largest absolute Gasteiger partial charge is 0.457 e. The Kier molecular flexibility index (Phi) is 6.87. The topological polar surface area (TPSA) is 43.4 Å². The van der Waals surface area contributed by atoms with Crippen LogP contribution in [-0.4, -0.2) is 24.1 Å². The van der Waals surface area contributed by atoms with Gasteiger partial charge in [0.25, 0.3) is 0 Å². The Labute approximate surface area is 156 Å². The van der Waals surface area contributed by atoms with Crippen LogP contribution in [0.3, 0.4) is 0 Å². The van der Waals surface area contributed by atoms with E-state index in [1.165, 1.54) is 11.8 Å². The normalized spacial score (nSPS) is 10.4. The first kappa shape index (κ1) is 18.2. The predicted molar refractivity (Wildman–Crippen MR) is 99.0 cm³/mol. The molecule has 0 N–H and O–H groups in total. The van der Waals surface area contributed by atoms with Crippen LogP contribution in [0.1, 0.15) is 15.9 Å². The zero-order chi connectivity index (χ0) is 16.8. The summed E-state index contributed by atoms with van der Waals surface area (Å²) in [6.45, 7) is 1.73. The first-order chi connectivity index (χ1) is 11.0. The van der Waals surface area contributed by atoms with Gasteiger partial charge in [0.2, 0.25) is 5.78 Å². The Morgan fingerprint density at radius 3 is 2.57 bits per heavy atom. The molecule has 0 spiro atoms. The third kappa shape index (κ3) is 5.48. The Hall–Kier alpha value is -1.11. The van der Waals surface area contributed by atoms with E-state index in [9.17, 15) is 9.59 Å². The number of hydrogen-bond donors (Lipinski definition) is 0. The fourth-order valence-electron chi connectivity index (χ4n) is 1.86. The first-order valence-electron chi connectivity index (χ1n) is 6.79. The maximum Gasteiger partial charge on any atom is 0.316 e. The summed E-state index contributed by atoms with van der Waals surface area (Å²) in [5.41, 5.74) is 1.60. The molecule has 0 saturated carbocycles. The van der Waals surface area contributed by atoms with Crippen LogP contribution in [0, 0.1) is 6.92 Å². The lowest BCUT2D eigenvalue weighted by Gasteiger charge is -2.07. The number of aryl methyl sites for hydroxylation is 1. The second kappa shape index (κ2) is 8.66. The summed E-state index contributed by atoms with van der Waals surface area (Å²) >= 11 is 8.11. The number of esters is 1. The maximum atomic E-state index is 12.0. The summed E-state index contributed by atoms with van der Waals surface area (Å²) in [6, 6.07) is 12.9. The van der Waals surface area contributed by atoms with E-state index in [1.807, 2.05) is 31.2 Å². The molecule has 3 nitrogen and oxygen atoms in total. The van der Waals surface area contributed by atoms with Gasteiger partial charge in [-0.1, -0.05) is 50.1 Å². The molecule has 0 aliphatic heterocycles. The molecule has 0 fully saturated rings. The van der Waals surface area contributed by atoms with E-state index in [-0.39, 0.29) is 18.1 Å². The number of Topliss-reactive ketones (excluding diaryl/α,β-unsaturated/α-hetero) is 1. The van der Waals surface area contributed by atoms with Gasteiger partial charge in [-0.3, -0.25) is 9.59 Å². The Morgan fingerprint density at radius 1 is 1.13 bits per heavy atom. The molecule has 0 saturated heterocycles. The van der Waals surface area contributed by atoms with Crippen LogP contribution in [0.5, 0.6) is 0 Å². The number of rotatable bonds is 6. The lowest BCUT2D eigenvalue weighted by Crippen LogP contribution is -2.15. The number of benzene rings is 2. The average molecular weight is 458 g/mol. The molecule has 120 valence electrons. The minimum absolute atomic E-state index is 0.172. The van der Waals surface area contributed by atoms with Gasteiger partial charge in [-0.2, -0.15) is 0 Å². The van der Waals surface area contributed by atoms with Gasteiger partial charge < -0.3 is 4.74 Å². The molecule has 2 rings (SSSR count). The average Bonchev–Trinajstić information content (AvgIpc) is 2.52. The molecule has 0 atom stereocenters. The van der Waals surface area contributed by atoms with Crippen LogP contribution in [-0.2, 0) is 9.53 Å². The van der Waals surface area contributed by atoms with E-state index in [1.54, 1.807) is 18.2 Å². The van der Waals surface area contributed by atoms with Gasteiger partial charge in [-0.05, 0) is 36.8 Å². The van der Waals surface area contributed by atoms with Crippen molar-refractivity contribution in [3.05, 3.63) is 62.5 Å². The third-order valence-corrected chi connectivity index (χ3v) is 5.35. The second-order valence-corrected chi connectivity index (χ2v) is 7.55. The molecular formula is C17H14Br2O3S. The lowest BCUT2D eigenvalue weighted by atomic mass is 10.1. The molecule has 2 aromatic carbocycles. The van der Waals surface area contributed by atoms with Gasteiger partial charge in [-0.15, -0.1) is 11.8 Å². The van der Waals surface area contributed by atoms with Crippen LogP contribution in [0.4, 0.5) is 0 Å². The predicted octanol–water partition coefficient (Wildman–Crippen LogP) is 5.04. The van der Waals surface area contributed by atoms with E-state index >= 15 is 0 Å². The minimum Gasteiger partial charge on any atom is -0.457 e. The van der Waals surface area contributed by atoms with Crippen molar-refractivity contribution < 1.29 is 14.3 Å². The molecule has 0 bridgehead atoms. The van der Waals surface area contributed by atoms with Crippen molar-refractivity contribution in [1.82, 2.24) is 0 Å². The Bertz CT molecular complexity index is 732. The maximum absolute atomic E-state index is 12.0. The van der Waals surface area contributed by atoms with Gasteiger partial charge in [-0.25, -0.2) is 0 Å². The van der Waals surface area contributed by atoms with E-state index in [2.05, 4.69) is 31.9 Å². The lowest BCUT2D eigenvalue weighted by molar-refractivity contribution is -0.139. The number of ketones is 1. The highest BCUT2D eigenvalue weighted by Gasteiger charge is 2.13. The molecule has 0 aliphatic carbocycles. The monoisotopic (exact) mass is 456 g/mol. The van der Waals surface area contributed by atoms with Crippen molar-refractivity contribution in [2.75, 3.05) is 12.4 Å². The molecular weight excluding hydrogens is 444 g/mol. The zero-order valence-corrected chi connectivity index (χ0v) is 16.3. The van der Waals surface area contributed by atoms with E-state index in [4.69, 9.17) is 4.74 Å². The highest BCUT2D eigenvalue weighted by molar-refractivity contribution is 9.10. The van der Waals surface area contributed by atoms with Gasteiger partial charge in [0, 0.05) is 19.4 Å². The van der Waals surface area contributed by atoms with Crippen molar-refractivity contribution in [3.63, 3.8) is 0 Å². The number of carbonyl (C=O) groups excluding carboxylic acids is 2. The molecule has 2 aromatic rings. The SMILES string of the molecule is Cc1cc(Br)ccc1SCC(=O)OCC(=O)c1ccccc1Br. The summed E-state index contributed by atoms with van der Waals surface area (Å²) in [6.07, 6.45) is 0. The van der Waals surface area contributed by atoms with E-state index in [0.29, 0.717) is 10.0 Å². The van der Waals surface area contributed by atoms with Gasteiger partial charge in [0.15, 0.2) is 6.61 Å². The van der Waals surface area contributed by atoms with Crippen molar-refractivity contribution in [2.24, 2.45) is 0 Å². The van der Waals surface area contributed by atoms with Crippen molar-refractivity contribution in [2.45, 2.75) is 11.8 Å². The van der Waals surface area contributed by atoms with E-state index in [0.717, 1.165) is 14.9 Å². The third-order valence-electron chi connectivity index (χ3n) is 3.02. The Balaban J connectivity index is 1.83. The highest BCUT2D eigenvalue weighted by atomic mass is 79.9. The standard InChI is InChI=1S/C17H14Br2O3S/c1-11-8-12(18)6-7-16(11)23-10-17(21)22-9-15(20)13-4-2-3-5-14(13)19/h2-8H,9-10H2,1H3. The molecule has 0 heterocycles. The quantitative estimate of drug-likeness (QED) is 0.346. The molecule has 0 radical (unpaired) electrons. The van der Waals surface area contributed by atoms with Crippen LogP contribution < -0.4 is 0 Å². The summed E-state index contributed by atoms with van der Waals surface area (Å²) in [5, 5.41) is 0. The molecule has 23 heavy (non-hydrogen) atoms. The summed E-state index contributed by atoms with van der Waals surface area (Å²) in [5.74, 6) is -0.459. The van der Waals surface area contributed by atoms with Crippen molar-refractivity contribution >= 4 is 55.4 Å². The minimum atomic E-state index is -0.405. The van der Waals surface area contributed by atoms with E-state index < -0.39 is 5.97 Å². The first-order valence-corrected chi connectivity index (χ1v) is 9.37. The van der Waals surface area contributed by atoms with Crippen molar-refractivity contribution in [3.8, 4) is 0 Å². The number of hydrogen-bond acceptors (Lipinski definition) is 4. The van der Waals surface area contributed by atoms with Crippen LogP contribution in [0.15, 0.2) is 56.3 Å². The molecule has 0 amide bonds. The molecule has 0 aliphatic rings. The number of ether oxygens (including phenoxy) is 1. The fourth-order valence-corrected chi connectivity index (χ4v) is 3.65. The highest BCUT2D eigenvalue weighted by Crippen LogP contribution is 2.25. The second-order valence-electron chi connectivity index (χ2n) is 4.76. The van der Waals surface area contributed by atoms with Crippen molar-refractivity contribution in [1.29, 1.82) is 0 Å². The van der Waals surface area contributed by atoms with Crippen LogP contribution in [0.25, 0.3) is 0 Å². The Morgan fingerprint density at radius 2 is 1.87 bits per heavy atom. The van der Waals surface area contributed by atoms with Gasteiger partial charge in [0.05, 0.1) is 5.75 Å². The fraction of sp³-hybridized carbons (Fsp3) is 0.176. The zero-order valence-electron chi connectivity index (χ0n) is 12.3. The smallest absolute Gasteiger partial charge is 0.316 e. The van der Waals surface area contributed by atoms with Gasteiger partial charge >= 0.3 is 5.97 Å². The number of carbonyl (C=O) groups is 2. The molecule has 0 unspecified atom stereocenters. The van der Waals surface area contributed by atoms with Crippen LogP contribution >= 0.6 is 43.6 Å². The number of halogens is 2. The summed E-state index contributed by atoms with van der Waals surface area (Å²) in [4.78, 5) is 24.8. The van der Waals surface area contributed by atoms with Gasteiger partial charge in [0.1, 0.15) is 0 Å².